The summed E-state index contributed by atoms with van der Waals surface area (Å²) >= 11 is 8.91. The number of benzene rings is 2. The zero-order valence-corrected chi connectivity index (χ0v) is 19.6. The monoisotopic (exact) mass is 482 g/mol. The van der Waals surface area contributed by atoms with Crippen molar-refractivity contribution in [1.29, 1.82) is 0 Å². The van der Waals surface area contributed by atoms with Crippen LogP contribution in [0.25, 0.3) is 6.08 Å². The highest BCUT2D eigenvalue weighted by Gasteiger charge is 2.33. The van der Waals surface area contributed by atoms with Crippen molar-refractivity contribution in [1.82, 2.24) is 15.1 Å². The van der Waals surface area contributed by atoms with Gasteiger partial charge < -0.3 is 4.74 Å². The van der Waals surface area contributed by atoms with E-state index in [9.17, 15) is 4.79 Å². The Labute approximate surface area is 199 Å². The second-order valence-electron chi connectivity index (χ2n) is 6.73. The highest BCUT2D eigenvalue weighted by Crippen LogP contribution is 2.36. The van der Waals surface area contributed by atoms with Gasteiger partial charge >= 0.3 is 0 Å². The molecule has 0 unspecified atom stereocenters. The minimum atomic E-state index is -0.143. The van der Waals surface area contributed by atoms with Crippen LogP contribution in [0.5, 0.6) is 5.75 Å². The molecule has 1 aromatic heterocycles. The van der Waals surface area contributed by atoms with E-state index in [2.05, 4.69) is 21.8 Å². The van der Waals surface area contributed by atoms with Crippen molar-refractivity contribution in [2.24, 2.45) is 4.99 Å². The standard InChI is InChI=1S/C23H19ClN4O2S2/c1-3-12-28-21(29)20(32-23(28)25-22-27-26-15(2)31-22)13-16-8-5-7-11-19(16)30-14-17-9-4-6-10-18(17)24/h3-11,13H,1,12,14H2,2H3/b20-13-,25-23+. The van der Waals surface area contributed by atoms with Crippen molar-refractivity contribution in [2.75, 3.05) is 6.54 Å². The third-order valence-corrected chi connectivity index (χ3v) is 6.56. The molecule has 1 amide bonds. The molecule has 0 atom stereocenters. The molecule has 4 rings (SSSR count). The molecule has 32 heavy (non-hydrogen) atoms. The lowest BCUT2D eigenvalue weighted by molar-refractivity contribution is -0.121. The van der Waals surface area contributed by atoms with E-state index in [1.165, 1.54) is 23.1 Å². The molecule has 3 aromatic rings. The van der Waals surface area contributed by atoms with Crippen LogP contribution in [0.4, 0.5) is 5.13 Å². The summed E-state index contributed by atoms with van der Waals surface area (Å²) in [6.07, 6.45) is 3.49. The molecule has 1 fully saturated rings. The second-order valence-corrected chi connectivity index (χ2v) is 9.31. The van der Waals surface area contributed by atoms with Crippen LogP contribution in [-0.2, 0) is 11.4 Å². The van der Waals surface area contributed by atoms with E-state index in [1.807, 2.05) is 61.5 Å². The Kier molecular flexibility index (Phi) is 7.04. The van der Waals surface area contributed by atoms with Gasteiger partial charge in [-0.2, -0.15) is 4.99 Å². The van der Waals surface area contributed by atoms with Crippen LogP contribution in [0.3, 0.4) is 0 Å². The molecule has 1 saturated heterocycles. The first-order chi connectivity index (χ1) is 15.5. The first-order valence-electron chi connectivity index (χ1n) is 9.71. The number of carbonyl (C=O) groups excluding carboxylic acids is 1. The molecule has 0 saturated carbocycles. The summed E-state index contributed by atoms with van der Waals surface area (Å²) in [5.74, 6) is 0.518. The van der Waals surface area contributed by atoms with Crippen LogP contribution in [-0.4, -0.2) is 32.7 Å². The molecule has 2 aromatic carbocycles. The Bertz CT molecular complexity index is 1220. The van der Waals surface area contributed by atoms with Crippen molar-refractivity contribution in [3.63, 3.8) is 0 Å². The zero-order chi connectivity index (χ0) is 22.5. The summed E-state index contributed by atoms with van der Waals surface area (Å²) in [6, 6.07) is 15.1. The summed E-state index contributed by atoms with van der Waals surface area (Å²) in [6.45, 7) is 6.29. The largest absolute Gasteiger partial charge is 0.488 e. The van der Waals surface area contributed by atoms with E-state index in [-0.39, 0.29) is 5.91 Å². The van der Waals surface area contributed by atoms with E-state index in [0.29, 0.717) is 39.1 Å². The van der Waals surface area contributed by atoms with Crippen LogP contribution < -0.4 is 4.74 Å². The lowest BCUT2D eigenvalue weighted by Crippen LogP contribution is -2.29. The van der Waals surface area contributed by atoms with E-state index in [4.69, 9.17) is 16.3 Å². The summed E-state index contributed by atoms with van der Waals surface area (Å²) < 4.78 is 6.02. The van der Waals surface area contributed by atoms with Gasteiger partial charge in [-0.15, -0.1) is 16.8 Å². The maximum absolute atomic E-state index is 13.1. The van der Waals surface area contributed by atoms with E-state index >= 15 is 0 Å². The van der Waals surface area contributed by atoms with Crippen LogP contribution in [0.2, 0.25) is 5.02 Å². The molecule has 9 heteroatoms. The van der Waals surface area contributed by atoms with Gasteiger partial charge in [0.2, 0.25) is 5.13 Å². The van der Waals surface area contributed by atoms with Crippen LogP contribution in [0.15, 0.2) is 71.1 Å². The normalized spacial score (nSPS) is 16.2. The number of amidine groups is 1. The van der Waals surface area contributed by atoms with Gasteiger partial charge in [0.15, 0.2) is 5.17 Å². The lowest BCUT2D eigenvalue weighted by Gasteiger charge is -2.12. The topological polar surface area (TPSA) is 67.7 Å². The van der Waals surface area contributed by atoms with Gasteiger partial charge in [0.05, 0.1) is 4.91 Å². The third kappa shape index (κ3) is 5.09. The number of amides is 1. The molecule has 2 heterocycles. The van der Waals surface area contributed by atoms with Gasteiger partial charge in [0.1, 0.15) is 17.4 Å². The van der Waals surface area contributed by atoms with Gasteiger partial charge in [0, 0.05) is 22.7 Å². The van der Waals surface area contributed by atoms with E-state index < -0.39 is 0 Å². The number of aromatic nitrogens is 2. The van der Waals surface area contributed by atoms with Gasteiger partial charge in [-0.05, 0) is 36.9 Å². The minimum Gasteiger partial charge on any atom is -0.488 e. The van der Waals surface area contributed by atoms with Crippen molar-refractivity contribution in [2.45, 2.75) is 13.5 Å². The molecule has 0 spiro atoms. The fraction of sp³-hybridized carbons (Fsp3) is 0.130. The molecule has 1 aliphatic rings. The predicted octanol–water partition coefficient (Wildman–Crippen LogP) is 5.87. The van der Waals surface area contributed by atoms with Crippen LogP contribution in [0, 0.1) is 6.92 Å². The number of aryl methyl sites for hydroxylation is 1. The molecule has 0 aliphatic carbocycles. The average Bonchev–Trinajstić information content (AvgIpc) is 3.32. The predicted molar refractivity (Wildman–Crippen MR) is 131 cm³/mol. The van der Waals surface area contributed by atoms with Gasteiger partial charge in [-0.3, -0.25) is 9.69 Å². The smallest absolute Gasteiger partial charge is 0.267 e. The zero-order valence-electron chi connectivity index (χ0n) is 17.2. The highest BCUT2D eigenvalue weighted by atomic mass is 35.5. The first-order valence-corrected chi connectivity index (χ1v) is 11.7. The van der Waals surface area contributed by atoms with Crippen molar-refractivity contribution in [3.05, 3.63) is 87.2 Å². The van der Waals surface area contributed by atoms with Crippen LogP contribution in [0.1, 0.15) is 16.1 Å². The molecule has 0 radical (unpaired) electrons. The number of rotatable bonds is 7. The Hall–Kier alpha value is -2.94. The van der Waals surface area contributed by atoms with E-state index in [1.54, 1.807) is 11.0 Å². The lowest BCUT2D eigenvalue weighted by atomic mass is 10.1. The molecular formula is C23H19ClN4O2S2. The second kappa shape index (κ2) is 10.1. The number of halogens is 1. The summed E-state index contributed by atoms with van der Waals surface area (Å²) in [5.41, 5.74) is 1.68. The minimum absolute atomic E-state index is 0.143. The fourth-order valence-corrected chi connectivity index (χ4v) is 4.73. The number of para-hydroxylation sites is 1. The summed E-state index contributed by atoms with van der Waals surface area (Å²) in [7, 11) is 0. The Morgan fingerprint density at radius 3 is 2.72 bits per heavy atom. The SMILES string of the molecule is C=CCN1C(=O)/C(=C/c2ccccc2OCc2ccccc2Cl)S/C1=N/c1nnc(C)s1. The van der Waals surface area contributed by atoms with Gasteiger partial charge in [-0.25, -0.2) is 0 Å². The first kappa shape index (κ1) is 22.3. The third-order valence-electron chi connectivity index (χ3n) is 4.45. The Morgan fingerprint density at radius 1 is 1.19 bits per heavy atom. The quantitative estimate of drug-likeness (QED) is 0.311. The number of ether oxygens (including phenoxy) is 1. The molecule has 0 bridgehead atoms. The average molecular weight is 483 g/mol. The highest BCUT2D eigenvalue weighted by molar-refractivity contribution is 8.18. The van der Waals surface area contributed by atoms with Crippen molar-refractivity contribution in [3.8, 4) is 5.75 Å². The molecular weight excluding hydrogens is 464 g/mol. The summed E-state index contributed by atoms with van der Waals surface area (Å²) in [5, 5.41) is 10.5. The number of nitrogens with zero attached hydrogens (tertiary/aromatic N) is 4. The fourth-order valence-electron chi connectivity index (χ4n) is 2.94. The number of thioether (sulfide) groups is 1. The van der Waals surface area contributed by atoms with Gasteiger partial charge in [0.25, 0.3) is 5.91 Å². The number of carbonyl (C=O) groups is 1. The molecule has 0 N–H and O–H groups in total. The molecule has 162 valence electrons. The van der Waals surface area contributed by atoms with Crippen molar-refractivity contribution >= 4 is 57.0 Å². The number of hydrogen-bond donors (Lipinski definition) is 0. The summed E-state index contributed by atoms with van der Waals surface area (Å²) in [4.78, 5) is 19.7. The van der Waals surface area contributed by atoms with Crippen LogP contribution >= 0.6 is 34.7 Å². The number of aliphatic imine (C=N–C) groups is 1. The molecule has 1 aliphatic heterocycles. The van der Waals surface area contributed by atoms with Gasteiger partial charge in [-0.1, -0.05) is 65.4 Å². The maximum atomic E-state index is 13.1. The maximum Gasteiger partial charge on any atom is 0.267 e. The van der Waals surface area contributed by atoms with E-state index in [0.717, 1.165) is 16.1 Å². The molecule has 6 nitrogen and oxygen atoms in total. The Morgan fingerprint density at radius 2 is 1.97 bits per heavy atom. The number of hydrogen-bond acceptors (Lipinski definition) is 7. The Balaban J connectivity index is 1.60. The van der Waals surface area contributed by atoms with Crippen molar-refractivity contribution < 1.29 is 9.53 Å².